The van der Waals surface area contributed by atoms with E-state index in [9.17, 15) is 26.3 Å². The molecule has 0 atom stereocenters. The minimum absolute atomic E-state index is 0.332. The van der Waals surface area contributed by atoms with Crippen molar-refractivity contribution in [2.45, 2.75) is 51.0 Å². The molecular formula is C28H27F6N. The summed E-state index contributed by atoms with van der Waals surface area (Å²) in [5, 5.41) is 0. The molecule has 186 valence electrons. The van der Waals surface area contributed by atoms with Gasteiger partial charge in [-0.2, -0.15) is 26.3 Å². The molecule has 7 heteroatoms. The number of aryl methyl sites for hydroxylation is 1. The first-order valence-corrected chi connectivity index (χ1v) is 11.7. The molecule has 1 heterocycles. The van der Waals surface area contributed by atoms with Crippen LogP contribution in [0.2, 0.25) is 0 Å². The Labute approximate surface area is 201 Å². The Morgan fingerprint density at radius 2 is 1.23 bits per heavy atom. The van der Waals surface area contributed by atoms with E-state index in [0.717, 1.165) is 78.9 Å². The Hall–Kier alpha value is -2.80. The molecule has 0 aromatic heterocycles. The molecule has 35 heavy (non-hydrogen) atoms. The minimum Gasteiger partial charge on any atom is -0.299 e. The number of piperidine rings is 1. The lowest BCUT2D eigenvalue weighted by Gasteiger charge is -2.32. The molecule has 0 spiro atoms. The van der Waals surface area contributed by atoms with Crippen molar-refractivity contribution in [3.8, 4) is 11.1 Å². The maximum absolute atomic E-state index is 12.9. The second-order valence-corrected chi connectivity index (χ2v) is 9.14. The van der Waals surface area contributed by atoms with Gasteiger partial charge >= 0.3 is 12.4 Å². The first-order valence-electron chi connectivity index (χ1n) is 11.7. The zero-order chi connectivity index (χ0) is 25.2. The van der Waals surface area contributed by atoms with Crippen LogP contribution < -0.4 is 0 Å². The highest BCUT2D eigenvalue weighted by Gasteiger charge is 2.31. The minimum atomic E-state index is -4.36. The van der Waals surface area contributed by atoms with Crippen LogP contribution in [0.1, 0.15) is 53.5 Å². The van der Waals surface area contributed by atoms with Crippen molar-refractivity contribution in [1.29, 1.82) is 0 Å². The van der Waals surface area contributed by atoms with E-state index in [4.69, 9.17) is 0 Å². The summed E-state index contributed by atoms with van der Waals surface area (Å²) in [6.45, 7) is 4.33. The Morgan fingerprint density at radius 3 is 1.74 bits per heavy atom. The molecule has 1 saturated heterocycles. The van der Waals surface area contributed by atoms with E-state index in [1.807, 2.05) is 6.07 Å². The first-order chi connectivity index (χ1) is 16.5. The molecule has 1 aliphatic heterocycles. The van der Waals surface area contributed by atoms with Crippen LogP contribution in [0, 0.1) is 0 Å². The standard InChI is InChI=1S/C28H27F6N/c1-2-19-15-23(21-5-9-26(10-6-21)28(32,33)34)17-24(16-19)22-11-13-35(14-12-22)18-20-3-7-25(8-4-20)27(29,30)31/h3-10,15-17,22H,2,11-14,18H2,1H3. The molecule has 4 rings (SSSR count). The van der Waals surface area contributed by atoms with E-state index in [-0.39, 0.29) is 0 Å². The van der Waals surface area contributed by atoms with Gasteiger partial charge in [0.15, 0.2) is 0 Å². The lowest BCUT2D eigenvalue weighted by molar-refractivity contribution is -0.138. The molecule has 0 radical (unpaired) electrons. The summed E-state index contributed by atoms with van der Waals surface area (Å²) < 4.78 is 77.1. The number of rotatable bonds is 5. The fourth-order valence-electron chi connectivity index (χ4n) is 4.66. The highest BCUT2D eigenvalue weighted by atomic mass is 19.4. The van der Waals surface area contributed by atoms with Gasteiger partial charge in [-0.15, -0.1) is 0 Å². The van der Waals surface area contributed by atoms with Crippen molar-refractivity contribution in [2.75, 3.05) is 13.1 Å². The molecule has 0 unspecified atom stereocenters. The molecule has 1 nitrogen and oxygen atoms in total. The highest BCUT2D eigenvalue weighted by Crippen LogP contribution is 2.35. The van der Waals surface area contributed by atoms with Crippen molar-refractivity contribution in [3.05, 3.63) is 94.5 Å². The summed E-state index contributed by atoms with van der Waals surface area (Å²) in [6, 6.07) is 16.9. The van der Waals surface area contributed by atoms with Gasteiger partial charge in [0, 0.05) is 6.54 Å². The van der Waals surface area contributed by atoms with Gasteiger partial charge in [0.2, 0.25) is 0 Å². The second-order valence-electron chi connectivity index (χ2n) is 9.14. The molecule has 0 N–H and O–H groups in total. The average molecular weight is 492 g/mol. The molecular weight excluding hydrogens is 464 g/mol. The van der Waals surface area contributed by atoms with Crippen LogP contribution in [0.5, 0.6) is 0 Å². The lowest BCUT2D eigenvalue weighted by atomic mass is 9.86. The van der Waals surface area contributed by atoms with Crippen molar-refractivity contribution >= 4 is 0 Å². The predicted molar refractivity (Wildman–Crippen MR) is 125 cm³/mol. The van der Waals surface area contributed by atoms with Gasteiger partial charge in [0.25, 0.3) is 0 Å². The van der Waals surface area contributed by atoms with E-state index in [0.29, 0.717) is 12.5 Å². The number of halogens is 6. The number of alkyl halides is 6. The van der Waals surface area contributed by atoms with Crippen LogP contribution in [0.15, 0.2) is 66.7 Å². The smallest absolute Gasteiger partial charge is 0.299 e. The summed E-state index contributed by atoms with van der Waals surface area (Å²) in [5.41, 5.74) is 3.56. The molecule has 0 aliphatic carbocycles. The number of hydrogen-bond acceptors (Lipinski definition) is 1. The fraction of sp³-hybridized carbons (Fsp3) is 0.357. The van der Waals surface area contributed by atoms with Crippen LogP contribution in [0.4, 0.5) is 26.3 Å². The van der Waals surface area contributed by atoms with Crippen molar-refractivity contribution < 1.29 is 26.3 Å². The Kier molecular flexibility index (Phi) is 7.27. The zero-order valence-electron chi connectivity index (χ0n) is 19.4. The molecule has 0 bridgehead atoms. The summed E-state index contributed by atoms with van der Waals surface area (Å²) in [5.74, 6) is 0.332. The van der Waals surface area contributed by atoms with Crippen molar-refractivity contribution in [2.24, 2.45) is 0 Å². The Bertz CT molecular complexity index is 1120. The van der Waals surface area contributed by atoms with E-state index in [1.165, 1.54) is 29.8 Å². The van der Waals surface area contributed by atoms with E-state index < -0.39 is 23.5 Å². The normalized spacial score (nSPS) is 16.0. The van der Waals surface area contributed by atoms with Gasteiger partial charge in [-0.25, -0.2) is 0 Å². The Balaban J connectivity index is 1.44. The summed E-state index contributed by atoms with van der Waals surface area (Å²) in [6.07, 6.45) is -6.03. The van der Waals surface area contributed by atoms with Crippen LogP contribution >= 0.6 is 0 Å². The van der Waals surface area contributed by atoms with E-state index >= 15 is 0 Å². The number of benzene rings is 3. The topological polar surface area (TPSA) is 3.24 Å². The second kappa shape index (κ2) is 10.1. The number of nitrogens with zero attached hydrogens (tertiary/aromatic N) is 1. The third-order valence-electron chi connectivity index (χ3n) is 6.72. The molecule has 3 aromatic carbocycles. The van der Waals surface area contributed by atoms with Crippen LogP contribution in [0.3, 0.4) is 0 Å². The molecule has 0 amide bonds. The van der Waals surface area contributed by atoms with E-state index in [1.54, 1.807) is 0 Å². The molecule has 0 saturated carbocycles. The van der Waals surface area contributed by atoms with Gasteiger partial charge in [0.1, 0.15) is 0 Å². The molecule has 1 aliphatic rings. The number of likely N-dealkylation sites (tertiary alicyclic amines) is 1. The average Bonchev–Trinajstić information content (AvgIpc) is 2.83. The monoisotopic (exact) mass is 491 g/mol. The quantitative estimate of drug-likeness (QED) is 0.324. The maximum atomic E-state index is 12.9. The van der Waals surface area contributed by atoms with Crippen LogP contribution in [-0.4, -0.2) is 18.0 Å². The van der Waals surface area contributed by atoms with Crippen LogP contribution in [-0.2, 0) is 25.3 Å². The fourth-order valence-corrected chi connectivity index (χ4v) is 4.66. The summed E-state index contributed by atoms with van der Waals surface area (Å²) in [7, 11) is 0. The maximum Gasteiger partial charge on any atom is 0.416 e. The van der Waals surface area contributed by atoms with Gasteiger partial charge in [-0.3, -0.25) is 4.90 Å². The molecule has 3 aromatic rings. The first kappa shape index (κ1) is 25.3. The number of hydrogen-bond donors (Lipinski definition) is 0. The van der Waals surface area contributed by atoms with E-state index in [2.05, 4.69) is 24.0 Å². The summed E-state index contributed by atoms with van der Waals surface area (Å²) >= 11 is 0. The SMILES string of the molecule is CCc1cc(-c2ccc(C(F)(F)F)cc2)cc(C2CCN(Cc3ccc(C(F)(F)F)cc3)CC2)c1. The van der Waals surface area contributed by atoms with Gasteiger partial charge in [-0.05, 0) is 90.4 Å². The van der Waals surface area contributed by atoms with Crippen LogP contribution in [0.25, 0.3) is 11.1 Å². The largest absolute Gasteiger partial charge is 0.416 e. The van der Waals surface area contributed by atoms with Crippen molar-refractivity contribution in [3.63, 3.8) is 0 Å². The molecule has 1 fully saturated rings. The lowest BCUT2D eigenvalue weighted by Crippen LogP contribution is -2.32. The summed E-state index contributed by atoms with van der Waals surface area (Å²) in [4.78, 5) is 2.25. The van der Waals surface area contributed by atoms with Crippen molar-refractivity contribution in [1.82, 2.24) is 4.90 Å². The third-order valence-corrected chi connectivity index (χ3v) is 6.72. The van der Waals surface area contributed by atoms with Gasteiger partial charge in [0.05, 0.1) is 11.1 Å². The van der Waals surface area contributed by atoms with Gasteiger partial charge in [-0.1, -0.05) is 49.4 Å². The van der Waals surface area contributed by atoms with Gasteiger partial charge < -0.3 is 0 Å². The Morgan fingerprint density at radius 1 is 0.686 bits per heavy atom. The highest BCUT2D eigenvalue weighted by molar-refractivity contribution is 5.66. The predicted octanol–water partition coefficient (Wildman–Crippen LogP) is 8.33. The third kappa shape index (κ3) is 6.26. The zero-order valence-corrected chi connectivity index (χ0v) is 19.4.